The first-order valence-corrected chi connectivity index (χ1v) is 11.5. The largest absolute Gasteiger partial charge is 0.494 e. The molecule has 1 amide bonds. The summed E-state index contributed by atoms with van der Waals surface area (Å²) in [6.07, 6.45) is 2.54. The van der Waals surface area contributed by atoms with E-state index in [4.69, 9.17) is 21.1 Å². The zero-order valence-corrected chi connectivity index (χ0v) is 19.6. The van der Waals surface area contributed by atoms with Gasteiger partial charge in [0, 0.05) is 16.1 Å². The van der Waals surface area contributed by atoms with E-state index < -0.39 is 0 Å². The lowest BCUT2D eigenvalue weighted by molar-refractivity contribution is 0.0955. The smallest absolute Gasteiger partial charge is 0.271 e. The Bertz CT molecular complexity index is 1300. The Morgan fingerprint density at radius 3 is 2.59 bits per heavy atom. The molecule has 4 rings (SSSR count). The summed E-state index contributed by atoms with van der Waals surface area (Å²) in [6, 6.07) is 26.4. The lowest BCUT2D eigenvalue weighted by Crippen LogP contribution is -2.17. The fourth-order valence-corrected chi connectivity index (χ4v) is 3.68. The summed E-state index contributed by atoms with van der Waals surface area (Å²) < 4.78 is 11.7. The molecule has 6 heteroatoms. The van der Waals surface area contributed by atoms with Crippen LogP contribution in [-0.4, -0.2) is 18.7 Å². The van der Waals surface area contributed by atoms with E-state index in [0.29, 0.717) is 29.5 Å². The van der Waals surface area contributed by atoms with Gasteiger partial charge in [0.1, 0.15) is 18.1 Å². The molecule has 0 atom stereocenters. The molecule has 0 aliphatic carbocycles. The topological polar surface area (TPSA) is 59.9 Å². The SMILES string of the molecule is CCCOc1ccc(C(=O)N/N=C/c2c(OCc3cccc(Cl)c3)ccc3ccccc23)cc1. The van der Waals surface area contributed by atoms with Gasteiger partial charge in [-0.3, -0.25) is 4.79 Å². The quantitative estimate of drug-likeness (QED) is 0.220. The van der Waals surface area contributed by atoms with Gasteiger partial charge in [0.05, 0.1) is 12.8 Å². The van der Waals surface area contributed by atoms with Gasteiger partial charge in [0.2, 0.25) is 0 Å². The normalized spacial score (nSPS) is 11.0. The molecule has 4 aromatic carbocycles. The summed E-state index contributed by atoms with van der Waals surface area (Å²) in [5, 5.41) is 6.90. The Morgan fingerprint density at radius 1 is 0.971 bits per heavy atom. The van der Waals surface area contributed by atoms with Crippen LogP contribution in [0.1, 0.15) is 34.8 Å². The van der Waals surface area contributed by atoms with Crippen molar-refractivity contribution in [1.82, 2.24) is 5.43 Å². The molecular weight excluding hydrogens is 448 g/mol. The molecule has 0 saturated carbocycles. The van der Waals surface area contributed by atoms with Crippen LogP contribution in [0.2, 0.25) is 5.02 Å². The summed E-state index contributed by atoms with van der Waals surface area (Å²) in [6.45, 7) is 3.05. The number of halogens is 1. The molecule has 0 radical (unpaired) electrons. The van der Waals surface area contributed by atoms with Crippen LogP contribution in [0.3, 0.4) is 0 Å². The molecular formula is C28H25ClN2O3. The molecule has 5 nitrogen and oxygen atoms in total. The number of ether oxygens (including phenoxy) is 2. The fourth-order valence-electron chi connectivity index (χ4n) is 3.46. The first-order chi connectivity index (χ1) is 16.6. The number of nitrogens with zero attached hydrogens (tertiary/aromatic N) is 1. The predicted octanol–water partition coefficient (Wildman–Crippen LogP) is 6.62. The highest BCUT2D eigenvalue weighted by Crippen LogP contribution is 2.27. The second kappa shape index (κ2) is 11.3. The maximum Gasteiger partial charge on any atom is 0.271 e. The van der Waals surface area contributed by atoms with Crippen molar-refractivity contribution in [1.29, 1.82) is 0 Å². The average molecular weight is 473 g/mol. The average Bonchev–Trinajstić information content (AvgIpc) is 2.87. The van der Waals surface area contributed by atoms with Gasteiger partial charge in [-0.25, -0.2) is 5.43 Å². The molecule has 34 heavy (non-hydrogen) atoms. The maximum absolute atomic E-state index is 12.5. The Kier molecular flexibility index (Phi) is 7.79. The fraction of sp³-hybridized carbons (Fsp3) is 0.143. The molecule has 0 aliphatic rings. The van der Waals surface area contributed by atoms with Crippen molar-refractivity contribution in [3.8, 4) is 11.5 Å². The third-order valence-corrected chi connectivity index (χ3v) is 5.40. The highest BCUT2D eigenvalue weighted by atomic mass is 35.5. The number of hydrogen-bond donors (Lipinski definition) is 1. The van der Waals surface area contributed by atoms with Gasteiger partial charge in [-0.1, -0.05) is 61.0 Å². The van der Waals surface area contributed by atoms with Gasteiger partial charge >= 0.3 is 0 Å². The van der Waals surface area contributed by atoms with Gasteiger partial charge in [0.25, 0.3) is 5.91 Å². The van der Waals surface area contributed by atoms with Crippen LogP contribution in [0, 0.1) is 0 Å². The van der Waals surface area contributed by atoms with Gasteiger partial charge < -0.3 is 9.47 Å². The van der Waals surface area contributed by atoms with Crippen molar-refractivity contribution in [2.45, 2.75) is 20.0 Å². The zero-order chi connectivity index (χ0) is 23.8. The Balaban J connectivity index is 1.51. The Morgan fingerprint density at radius 2 is 1.79 bits per heavy atom. The van der Waals surface area contributed by atoms with Crippen LogP contribution < -0.4 is 14.9 Å². The van der Waals surface area contributed by atoms with Crippen LogP contribution >= 0.6 is 11.6 Å². The minimum atomic E-state index is -0.306. The predicted molar refractivity (Wildman–Crippen MR) is 137 cm³/mol. The minimum absolute atomic E-state index is 0.306. The molecule has 0 spiro atoms. The van der Waals surface area contributed by atoms with Gasteiger partial charge in [-0.2, -0.15) is 5.10 Å². The molecule has 0 heterocycles. The number of fused-ring (bicyclic) bond motifs is 1. The second-order valence-corrected chi connectivity index (χ2v) is 8.13. The number of amides is 1. The van der Waals surface area contributed by atoms with Gasteiger partial charge in [-0.05, 0) is 65.2 Å². The van der Waals surface area contributed by atoms with E-state index in [1.807, 2.05) is 67.6 Å². The molecule has 0 saturated heterocycles. The Labute approximate surface area is 204 Å². The lowest BCUT2D eigenvalue weighted by atomic mass is 10.0. The molecule has 172 valence electrons. The lowest BCUT2D eigenvalue weighted by Gasteiger charge is -2.12. The van der Waals surface area contributed by atoms with E-state index in [-0.39, 0.29) is 5.91 Å². The Hall–Kier alpha value is -3.83. The summed E-state index contributed by atoms with van der Waals surface area (Å²) in [7, 11) is 0. The number of carbonyl (C=O) groups is 1. The molecule has 1 N–H and O–H groups in total. The van der Waals surface area contributed by atoms with Crippen molar-refractivity contribution in [2.24, 2.45) is 5.10 Å². The molecule has 0 fully saturated rings. The summed E-state index contributed by atoms with van der Waals surface area (Å²) in [4.78, 5) is 12.5. The minimum Gasteiger partial charge on any atom is -0.494 e. The summed E-state index contributed by atoms with van der Waals surface area (Å²) in [5.41, 5.74) is 4.84. The standard InChI is InChI=1S/C28H25ClN2O3/c1-2-16-33-24-13-10-22(11-14-24)28(32)31-30-18-26-25-9-4-3-7-21(25)12-15-27(26)34-19-20-6-5-8-23(29)17-20/h3-15,17-18H,2,16,19H2,1H3,(H,31,32)/b30-18+. The van der Waals surface area contributed by atoms with Gasteiger partial charge in [0.15, 0.2) is 0 Å². The number of benzene rings is 4. The van der Waals surface area contributed by atoms with Crippen LogP contribution in [0.4, 0.5) is 0 Å². The highest BCUT2D eigenvalue weighted by Gasteiger charge is 2.09. The van der Waals surface area contributed by atoms with Crippen molar-refractivity contribution < 1.29 is 14.3 Å². The van der Waals surface area contributed by atoms with E-state index in [2.05, 4.69) is 10.5 Å². The van der Waals surface area contributed by atoms with E-state index in [0.717, 1.165) is 34.1 Å². The third-order valence-electron chi connectivity index (χ3n) is 5.16. The monoisotopic (exact) mass is 472 g/mol. The van der Waals surface area contributed by atoms with E-state index in [9.17, 15) is 4.79 Å². The number of hydrazone groups is 1. The summed E-state index contributed by atoms with van der Waals surface area (Å²) >= 11 is 6.09. The van der Waals surface area contributed by atoms with Crippen molar-refractivity contribution in [2.75, 3.05) is 6.61 Å². The highest BCUT2D eigenvalue weighted by molar-refractivity contribution is 6.30. The number of hydrogen-bond acceptors (Lipinski definition) is 4. The van der Waals surface area contributed by atoms with Crippen molar-refractivity contribution >= 4 is 34.5 Å². The third kappa shape index (κ3) is 5.94. The van der Waals surface area contributed by atoms with Crippen LogP contribution in [0.5, 0.6) is 11.5 Å². The molecule has 0 bridgehead atoms. The van der Waals surface area contributed by atoms with Crippen molar-refractivity contribution in [3.63, 3.8) is 0 Å². The van der Waals surface area contributed by atoms with Crippen LogP contribution in [-0.2, 0) is 6.61 Å². The molecule has 4 aromatic rings. The molecule has 0 aliphatic heterocycles. The molecule has 0 unspecified atom stereocenters. The second-order valence-electron chi connectivity index (χ2n) is 7.69. The van der Waals surface area contributed by atoms with E-state index in [1.54, 1.807) is 30.5 Å². The van der Waals surface area contributed by atoms with E-state index in [1.165, 1.54) is 0 Å². The maximum atomic E-state index is 12.5. The zero-order valence-electron chi connectivity index (χ0n) is 18.8. The number of rotatable bonds is 9. The first kappa shape index (κ1) is 23.3. The van der Waals surface area contributed by atoms with Crippen molar-refractivity contribution in [3.05, 3.63) is 107 Å². The first-order valence-electron chi connectivity index (χ1n) is 11.1. The molecule has 0 aromatic heterocycles. The van der Waals surface area contributed by atoms with Crippen LogP contribution in [0.25, 0.3) is 10.8 Å². The number of nitrogens with one attached hydrogen (secondary N) is 1. The summed E-state index contributed by atoms with van der Waals surface area (Å²) in [5.74, 6) is 1.09. The van der Waals surface area contributed by atoms with Gasteiger partial charge in [-0.15, -0.1) is 0 Å². The van der Waals surface area contributed by atoms with E-state index >= 15 is 0 Å². The number of carbonyl (C=O) groups excluding carboxylic acids is 1. The van der Waals surface area contributed by atoms with Crippen LogP contribution in [0.15, 0.2) is 90.0 Å².